The topological polar surface area (TPSA) is 98.9 Å². The zero-order chi connectivity index (χ0) is 17.3. The predicted molar refractivity (Wildman–Crippen MR) is 88.8 cm³/mol. The molecule has 1 aromatic carbocycles. The molecule has 2 fully saturated rings. The van der Waals surface area contributed by atoms with Crippen LogP contribution < -0.4 is 11.1 Å². The molecule has 130 valence electrons. The molecule has 0 aromatic heterocycles. The number of carbonyl (C=O) groups excluding carboxylic acids is 2. The third-order valence-corrected chi connectivity index (χ3v) is 4.99. The number of carbonyl (C=O) groups is 2. The Morgan fingerprint density at radius 1 is 1.38 bits per heavy atom. The van der Waals surface area contributed by atoms with Crippen molar-refractivity contribution < 1.29 is 14.7 Å². The number of rotatable bonds is 4. The Bertz CT molecular complexity index is 622. The average molecular weight is 332 g/mol. The van der Waals surface area contributed by atoms with Crippen molar-refractivity contribution in [3.8, 4) is 0 Å². The highest BCUT2D eigenvalue weighted by Gasteiger charge is 2.54. The number of nitrogens with two attached hydrogens (primary N) is 1. The van der Waals surface area contributed by atoms with Crippen LogP contribution >= 0.6 is 0 Å². The lowest BCUT2D eigenvalue weighted by Gasteiger charge is -2.54. The third-order valence-electron chi connectivity index (χ3n) is 4.99. The maximum Gasteiger partial charge on any atom is 0.244 e. The van der Waals surface area contributed by atoms with Gasteiger partial charge in [-0.05, 0) is 12.5 Å². The van der Waals surface area contributed by atoms with E-state index in [-0.39, 0.29) is 11.8 Å². The Morgan fingerprint density at radius 2 is 2.08 bits per heavy atom. The fourth-order valence-corrected chi connectivity index (χ4v) is 3.34. The van der Waals surface area contributed by atoms with Crippen LogP contribution in [0.15, 0.2) is 30.3 Å². The summed E-state index contributed by atoms with van der Waals surface area (Å²) in [5.41, 5.74) is 6.22. The molecular weight excluding hydrogens is 308 g/mol. The van der Waals surface area contributed by atoms with Gasteiger partial charge in [-0.15, -0.1) is 0 Å². The minimum absolute atomic E-state index is 0.0541. The van der Waals surface area contributed by atoms with Gasteiger partial charge in [0.25, 0.3) is 0 Å². The summed E-state index contributed by atoms with van der Waals surface area (Å²) < 4.78 is 0. The minimum atomic E-state index is -0.953. The maximum atomic E-state index is 12.4. The van der Waals surface area contributed by atoms with Gasteiger partial charge in [-0.25, -0.2) is 0 Å². The molecule has 0 radical (unpaired) electrons. The number of nitrogens with one attached hydrogen (secondary N) is 1. The summed E-state index contributed by atoms with van der Waals surface area (Å²) in [4.78, 5) is 28.5. The van der Waals surface area contributed by atoms with Gasteiger partial charge in [-0.3, -0.25) is 14.5 Å². The molecule has 7 nitrogen and oxygen atoms in total. The second-order valence-electron chi connectivity index (χ2n) is 6.65. The predicted octanol–water partition coefficient (Wildman–Crippen LogP) is -1.09. The summed E-state index contributed by atoms with van der Waals surface area (Å²) in [5.74, 6) is -0.356. The number of benzene rings is 1. The van der Waals surface area contributed by atoms with E-state index in [1.165, 1.54) is 6.92 Å². The molecule has 3 rings (SSSR count). The summed E-state index contributed by atoms with van der Waals surface area (Å²) in [6.07, 6.45) is -0.911. The van der Waals surface area contributed by atoms with Gasteiger partial charge < -0.3 is 21.1 Å². The fraction of sp³-hybridized carbons (Fsp3) is 0.529. The first kappa shape index (κ1) is 16.9. The summed E-state index contributed by atoms with van der Waals surface area (Å²) in [5, 5.41) is 12.4. The van der Waals surface area contributed by atoms with Crippen LogP contribution in [0.5, 0.6) is 0 Å². The Balaban J connectivity index is 1.76. The van der Waals surface area contributed by atoms with Gasteiger partial charge in [-0.2, -0.15) is 0 Å². The normalized spacial score (nSPS) is 26.6. The molecule has 2 aliphatic rings. The maximum absolute atomic E-state index is 12.4. The largest absolute Gasteiger partial charge is 0.391 e. The van der Waals surface area contributed by atoms with Crippen LogP contribution in [0.3, 0.4) is 0 Å². The number of aliphatic hydroxyl groups excluding tert-OH is 1. The second kappa shape index (κ2) is 6.51. The van der Waals surface area contributed by atoms with E-state index in [4.69, 9.17) is 5.73 Å². The lowest BCUT2D eigenvalue weighted by molar-refractivity contribution is -0.157. The average Bonchev–Trinajstić information content (AvgIpc) is 2.60. The van der Waals surface area contributed by atoms with Gasteiger partial charge in [0.15, 0.2) is 0 Å². The number of β-lactam (4-membered cyclic amide) rings is 1. The van der Waals surface area contributed by atoms with E-state index in [2.05, 4.69) is 10.2 Å². The molecule has 2 amide bonds. The number of amides is 2. The molecule has 3 atom stereocenters. The molecule has 7 heteroatoms. The van der Waals surface area contributed by atoms with E-state index >= 15 is 0 Å². The van der Waals surface area contributed by atoms with Crippen LogP contribution in [-0.2, 0) is 16.1 Å². The SMILES string of the molecule is C[C@H](O)[C@@H](N)C(=O)N1CCN(Cc2ccccc2)C2(CNC2=O)C1. The Hall–Kier alpha value is -1.96. The van der Waals surface area contributed by atoms with Gasteiger partial charge in [0.05, 0.1) is 6.10 Å². The summed E-state index contributed by atoms with van der Waals surface area (Å²) in [6, 6.07) is 9.03. The van der Waals surface area contributed by atoms with Crippen LogP contribution in [0.1, 0.15) is 12.5 Å². The molecule has 2 saturated heterocycles. The van der Waals surface area contributed by atoms with E-state index in [0.717, 1.165) is 5.56 Å². The van der Waals surface area contributed by atoms with Gasteiger partial charge in [0.1, 0.15) is 11.6 Å². The summed E-state index contributed by atoms with van der Waals surface area (Å²) in [6.45, 7) is 4.10. The number of hydrogen-bond acceptors (Lipinski definition) is 5. The van der Waals surface area contributed by atoms with Crippen molar-refractivity contribution in [3.05, 3.63) is 35.9 Å². The van der Waals surface area contributed by atoms with E-state index < -0.39 is 17.7 Å². The van der Waals surface area contributed by atoms with E-state index in [0.29, 0.717) is 32.7 Å². The Morgan fingerprint density at radius 3 is 2.62 bits per heavy atom. The monoisotopic (exact) mass is 332 g/mol. The zero-order valence-electron chi connectivity index (χ0n) is 13.8. The van der Waals surface area contributed by atoms with E-state index in [9.17, 15) is 14.7 Å². The number of nitrogens with zero attached hydrogens (tertiary/aromatic N) is 2. The van der Waals surface area contributed by atoms with Crippen LogP contribution in [-0.4, -0.2) is 70.6 Å². The van der Waals surface area contributed by atoms with Crippen LogP contribution in [0.4, 0.5) is 0 Å². The number of hydrogen-bond donors (Lipinski definition) is 3. The zero-order valence-corrected chi connectivity index (χ0v) is 13.8. The minimum Gasteiger partial charge on any atom is -0.391 e. The molecule has 2 aliphatic heterocycles. The van der Waals surface area contributed by atoms with Crippen LogP contribution in [0.2, 0.25) is 0 Å². The molecule has 0 saturated carbocycles. The molecule has 1 spiro atoms. The lowest BCUT2D eigenvalue weighted by atomic mass is 9.85. The second-order valence-corrected chi connectivity index (χ2v) is 6.65. The van der Waals surface area contributed by atoms with E-state index in [1.54, 1.807) is 4.90 Å². The highest BCUT2D eigenvalue weighted by molar-refractivity contribution is 5.94. The number of aliphatic hydroxyl groups is 1. The molecule has 0 bridgehead atoms. The Labute approximate surface area is 141 Å². The van der Waals surface area contributed by atoms with Crippen molar-refractivity contribution in [3.63, 3.8) is 0 Å². The first-order chi connectivity index (χ1) is 11.4. The quantitative estimate of drug-likeness (QED) is 0.609. The first-order valence-electron chi connectivity index (χ1n) is 8.24. The van der Waals surface area contributed by atoms with Gasteiger partial charge in [0, 0.05) is 32.7 Å². The summed E-state index contributed by atoms with van der Waals surface area (Å²) >= 11 is 0. The molecule has 24 heavy (non-hydrogen) atoms. The molecule has 0 aliphatic carbocycles. The highest BCUT2D eigenvalue weighted by Crippen LogP contribution is 2.29. The third kappa shape index (κ3) is 2.90. The first-order valence-corrected chi connectivity index (χ1v) is 8.24. The molecule has 1 aromatic rings. The van der Waals surface area contributed by atoms with Crippen molar-refractivity contribution in [1.29, 1.82) is 0 Å². The highest BCUT2D eigenvalue weighted by atomic mass is 16.3. The summed E-state index contributed by atoms with van der Waals surface area (Å²) in [7, 11) is 0. The molecule has 4 N–H and O–H groups in total. The van der Waals surface area contributed by atoms with Gasteiger partial charge in [-0.1, -0.05) is 30.3 Å². The van der Waals surface area contributed by atoms with Crippen molar-refractivity contribution >= 4 is 11.8 Å². The molecule has 2 heterocycles. The number of piperazine rings is 1. The lowest BCUT2D eigenvalue weighted by Crippen LogP contribution is -2.79. The van der Waals surface area contributed by atoms with Crippen molar-refractivity contribution in [2.24, 2.45) is 5.73 Å². The Kier molecular flexibility index (Phi) is 4.58. The van der Waals surface area contributed by atoms with Crippen molar-refractivity contribution in [1.82, 2.24) is 15.1 Å². The molecule has 1 unspecified atom stereocenters. The van der Waals surface area contributed by atoms with Crippen LogP contribution in [0.25, 0.3) is 0 Å². The van der Waals surface area contributed by atoms with Crippen molar-refractivity contribution in [2.75, 3.05) is 26.2 Å². The van der Waals surface area contributed by atoms with Gasteiger partial charge >= 0.3 is 0 Å². The standard InChI is InChI=1S/C17H24N4O3/c1-12(22)14(18)15(23)20-7-8-21(9-13-5-3-2-4-6-13)17(11-20)10-19-16(17)24/h2-6,12,14,22H,7-11,18H2,1H3,(H,19,24)/t12-,14+,17?/m0/s1. The van der Waals surface area contributed by atoms with Crippen molar-refractivity contribution in [2.45, 2.75) is 31.2 Å². The van der Waals surface area contributed by atoms with Gasteiger partial charge in [0.2, 0.25) is 11.8 Å². The van der Waals surface area contributed by atoms with Crippen LogP contribution in [0, 0.1) is 0 Å². The van der Waals surface area contributed by atoms with E-state index in [1.807, 2.05) is 30.3 Å². The smallest absolute Gasteiger partial charge is 0.244 e. The molecular formula is C17H24N4O3. The fourth-order valence-electron chi connectivity index (χ4n) is 3.34.